The van der Waals surface area contributed by atoms with E-state index < -0.39 is 0 Å². The second kappa shape index (κ2) is 5.85. The summed E-state index contributed by atoms with van der Waals surface area (Å²) in [6.45, 7) is 4.01. The molecule has 2 unspecified atom stereocenters. The zero-order valence-electron chi connectivity index (χ0n) is 9.52. The molecule has 88 valence electrons. The summed E-state index contributed by atoms with van der Waals surface area (Å²) in [5.74, 6) is 0.362. The lowest BCUT2D eigenvalue weighted by molar-refractivity contribution is -0.385. The normalized spacial score (nSPS) is 14.4. The molecule has 0 saturated carbocycles. The van der Waals surface area contributed by atoms with Crippen LogP contribution >= 0.6 is 11.6 Å². The molecule has 0 N–H and O–H groups in total. The maximum Gasteiger partial charge on any atom is 0.272 e. The van der Waals surface area contributed by atoms with E-state index in [2.05, 4.69) is 6.92 Å². The zero-order chi connectivity index (χ0) is 12.1. The standard InChI is InChI=1S/C12H16ClNO2/c1-9(10(2)13)7-8-11-5-3-4-6-12(11)14(15)16/h3-6,9-10H,7-8H2,1-2H3. The van der Waals surface area contributed by atoms with Crippen LogP contribution in [0.2, 0.25) is 0 Å². The van der Waals surface area contributed by atoms with Gasteiger partial charge in [-0.15, -0.1) is 11.6 Å². The molecule has 0 spiro atoms. The summed E-state index contributed by atoms with van der Waals surface area (Å²) in [4.78, 5) is 10.5. The molecule has 0 heterocycles. The highest BCUT2D eigenvalue weighted by molar-refractivity contribution is 6.20. The number of rotatable bonds is 5. The predicted molar refractivity (Wildman–Crippen MR) is 65.9 cm³/mol. The fourth-order valence-electron chi connectivity index (χ4n) is 1.51. The van der Waals surface area contributed by atoms with Gasteiger partial charge in [0.25, 0.3) is 5.69 Å². The van der Waals surface area contributed by atoms with Gasteiger partial charge >= 0.3 is 0 Å². The molecule has 1 aromatic carbocycles. The Morgan fingerprint density at radius 3 is 2.56 bits per heavy atom. The molecule has 0 fully saturated rings. The molecule has 2 atom stereocenters. The minimum atomic E-state index is -0.329. The Labute approximate surface area is 101 Å². The van der Waals surface area contributed by atoms with Gasteiger partial charge in [-0.2, -0.15) is 0 Å². The van der Waals surface area contributed by atoms with Crippen LogP contribution in [0.25, 0.3) is 0 Å². The lowest BCUT2D eigenvalue weighted by atomic mass is 9.98. The molecule has 0 aliphatic heterocycles. The average Bonchev–Trinajstić information content (AvgIpc) is 2.25. The number of para-hydroxylation sites is 1. The summed E-state index contributed by atoms with van der Waals surface area (Å²) in [5, 5.41) is 10.9. The molecule has 0 aliphatic carbocycles. The number of benzene rings is 1. The minimum absolute atomic E-state index is 0.0998. The van der Waals surface area contributed by atoms with Gasteiger partial charge in [0.2, 0.25) is 0 Å². The van der Waals surface area contributed by atoms with E-state index in [1.807, 2.05) is 19.1 Å². The van der Waals surface area contributed by atoms with Crippen molar-refractivity contribution < 1.29 is 4.92 Å². The zero-order valence-corrected chi connectivity index (χ0v) is 10.3. The number of nitro groups is 1. The van der Waals surface area contributed by atoms with Gasteiger partial charge in [0.05, 0.1) is 4.92 Å². The SMILES string of the molecule is CC(Cl)C(C)CCc1ccccc1[N+](=O)[O-]. The van der Waals surface area contributed by atoms with Crippen LogP contribution in [0.1, 0.15) is 25.8 Å². The van der Waals surface area contributed by atoms with E-state index in [1.165, 1.54) is 0 Å². The Balaban J connectivity index is 2.70. The number of halogens is 1. The fraction of sp³-hybridized carbons (Fsp3) is 0.500. The Hall–Kier alpha value is -1.09. The van der Waals surface area contributed by atoms with Crippen molar-refractivity contribution in [2.75, 3.05) is 0 Å². The summed E-state index contributed by atoms with van der Waals surface area (Å²) in [5.41, 5.74) is 0.994. The minimum Gasteiger partial charge on any atom is -0.258 e. The van der Waals surface area contributed by atoms with Gasteiger partial charge < -0.3 is 0 Å². The van der Waals surface area contributed by atoms with E-state index in [1.54, 1.807) is 12.1 Å². The number of hydrogen-bond acceptors (Lipinski definition) is 2. The van der Waals surface area contributed by atoms with Crippen molar-refractivity contribution in [1.82, 2.24) is 0 Å². The van der Waals surface area contributed by atoms with Crippen LogP contribution in [-0.2, 0) is 6.42 Å². The molecule has 0 radical (unpaired) electrons. The second-order valence-electron chi connectivity index (χ2n) is 4.08. The topological polar surface area (TPSA) is 43.1 Å². The molecule has 0 aliphatic rings. The van der Waals surface area contributed by atoms with Crippen molar-refractivity contribution in [3.8, 4) is 0 Å². The van der Waals surface area contributed by atoms with Crippen molar-refractivity contribution in [2.24, 2.45) is 5.92 Å². The molecule has 0 aromatic heterocycles. The lowest BCUT2D eigenvalue weighted by Crippen LogP contribution is -2.08. The van der Waals surface area contributed by atoms with Crippen molar-refractivity contribution >= 4 is 17.3 Å². The average molecular weight is 242 g/mol. The molecular formula is C12H16ClNO2. The maximum absolute atomic E-state index is 10.8. The van der Waals surface area contributed by atoms with Gasteiger partial charge in [0.15, 0.2) is 0 Å². The molecule has 0 saturated heterocycles. The van der Waals surface area contributed by atoms with Crippen LogP contribution in [0.5, 0.6) is 0 Å². The number of nitro benzene ring substituents is 1. The van der Waals surface area contributed by atoms with Gasteiger partial charge in [-0.3, -0.25) is 10.1 Å². The number of aryl methyl sites for hydroxylation is 1. The Bertz CT molecular complexity index is 366. The monoisotopic (exact) mass is 241 g/mol. The summed E-state index contributed by atoms with van der Waals surface area (Å²) in [7, 11) is 0. The van der Waals surface area contributed by atoms with E-state index in [0.29, 0.717) is 12.3 Å². The highest BCUT2D eigenvalue weighted by atomic mass is 35.5. The third-order valence-electron chi connectivity index (χ3n) is 2.84. The Kier molecular flexibility index (Phi) is 4.74. The first kappa shape index (κ1) is 13.0. The summed E-state index contributed by atoms with van der Waals surface area (Å²) in [6, 6.07) is 6.88. The smallest absolute Gasteiger partial charge is 0.258 e. The van der Waals surface area contributed by atoms with Gasteiger partial charge in [0.1, 0.15) is 0 Å². The molecule has 1 rings (SSSR count). The summed E-state index contributed by atoms with van der Waals surface area (Å²) >= 11 is 5.96. The van der Waals surface area contributed by atoms with E-state index >= 15 is 0 Å². The number of hydrogen-bond donors (Lipinski definition) is 0. The molecule has 3 nitrogen and oxygen atoms in total. The van der Waals surface area contributed by atoms with Crippen LogP contribution in [0, 0.1) is 16.0 Å². The largest absolute Gasteiger partial charge is 0.272 e. The lowest BCUT2D eigenvalue weighted by Gasteiger charge is -2.13. The van der Waals surface area contributed by atoms with Crippen molar-refractivity contribution in [3.05, 3.63) is 39.9 Å². The molecule has 0 amide bonds. The van der Waals surface area contributed by atoms with E-state index in [-0.39, 0.29) is 16.0 Å². The van der Waals surface area contributed by atoms with Gasteiger partial charge in [-0.25, -0.2) is 0 Å². The molecule has 1 aromatic rings. The quantitative estimate of drug-likeness (QED) is 0.447. The van der Waals surface area contributed by atoms with Crippen LogP contribution in [0.3, 0.4) is 0 Å². The van der Waals surface area contributed by atoms with Crippen LogP contribution in [0.4, 0.5) is 5.69 Å². The molecular weight excluding hydrogens is 226 g/mol. The third kappa shape index (κ3) is 3.49. The summed E-state index contributed by atoms with van der Waals surface area (Å²) < 4.78 is 0. The molecule has 4 heteroatoms. The van der Waals surface area contributed by atoms with Crippen molar-refractivity contribution in [1.29, 1.82) is 0 Å². The van der Waals surface area contributed by atoms with Crippen molar-refractivity contribution in [3.63, 3.8) is 0 Å². The van der Waals surface area contributed by atoms with Crippen LogP contribution in [-0.4, -0.2) is 10.3 Å². The Morgan fingerprint density at radius 1 is 1.38 bits per heavy atom. The van der Waals surface area contributed by atoms with E-state index in [0.717, 1.165) is 12.0 Å². The molecule has 16 heavy (non-hydrogen) atoms. The van der Waals surface area contributed by atoms with Gasteiger partial charge in [0, 0.05) is 17.0 Å². The van der Waals surface area contributed by atoms with E-state index in [4.69, 9.17) is 11.6 Å². The van der Waals surface area contributed by atoms with Crippen molar-refractivity contribution in [2.45, 2.75) is 32.1 Å². The highest BCUT2D eigenvalue weighted by Crippen LogP contribution is 2.22. The van der Waals surface area contributed by atoms with Crippen LogP contribution in [0.15, 0.2) is 24.3 Å². The molecule has 0 bridgehead atoms. The predicted octanol–water partition coefficient (Wildman–Crippen LogP) is 3.79. The van der Waals surface area contributed by atoms with Gasteiger partial charge in [-0.05, 0) is 25.7 Å². The Morgan fingerprint density at radius 2 is 2.00 bits per heavy atom. The number of alkyl halides is 1. The van der Waals surface area contributed by atoms with Crippen LogP contribution < -0.4 is 0 Å². The second-order valence-corrected chi connectivity index (χ2v) is 4.77. The van der Waals surface area contributed by atoms with E-state index in [9.17, 15) is 10.1 Å². The fourth-order valence-corrected chi connectivity index (χ4v) is 1.64. The summed E-state index contributed by atoms with van der Waals surface area (Å²) in [6.07, 6.45) is 1.57. The maximum atomic E-state index is 10.8. The first-order chi connectivity index (χ1) is 7.52. The first-order valence-corrected chi connectivity index (χ1v) is 5.82. The first-order valence-electron chi connectivity index (χ1n) is 5.38. The van der Waals surface area contributed by atoms with Gasteiger partial charge in [-0.1, -0.05) is 25.1 Å². The number of nitrogens with zero attached hydrogens (tertiary/aromatic N) is 1. The third-order valence-corrected chi connectivity index (χ3v) is 3.27. The highest BCUT2D eigenvalue weighted by Gasteiger charge is 2.14.